The number of para-hydroxylation sites is 2. The minimum absolute atomic E-state index is 0.168. The summed E-state index contributed by atoms with van der Waals surface area (Å²) in [7, 11) is 0. The van der Waals surface area contributed by atoms with Crippen molar-refractivity contribution in [1.29, 1.82) is 0 Å². The average Bonchev–Trinajstić information content (AvgIpc) is 3.49. The lowest BCUT2D eigenvalue weighted by Gasteiger charge is -2.38. The molecule has 188 valence electrons. The number of hydrogen-bond donors (Lipinski definition) is 0. The molecule has 0 unspecified atom stereocenters. The van der Waals surface area contributed by atoms with Gasteiger partial charge in [0.15, 0.2) is 0 Å². The Morgan fingerprint density at radius 3 is 2.45 bits per heavy atom. The van der Waals surface area contributed by atoms with E-state index >= 15 is 0 Å². The molecular formula is C32H29N5O. The van der Waals surface area contributed by atoms with E-state index in [4.69, 9.17) is 0 Å². The number of rotatable bonds is 5. The molecule has 2 aromatic heterocycles. The van der Waals surface area contributed by atoms with Crippen molar-refractivity contribution in [1.82, 2.24) is 19.4 Å². The van der Waals surface area contributed by atoms with Crippen LogP contribution in [0.4, 0.5) is 11.4 Å². The number of pyridine rings is 1. The monoisotopic (exact) mass is 499 g/mol. The van der Waals surface area contributed by atoms with Gasteiger partial charge in [0.25, 0.3) is 0 Å². The summed E-state index contributed by atoms with van der Waals surface area (Å²) in [6.07, 6.45) is 7.35. The van der Waals surface area contributed by atoms with E-state index in [1.807, 2.05) is 53.7 Å². The van der Waals surface area contributed by atoms with Crippen LogP contribution in [0.2, 0.25) is 0 Å². The molecule has 1 amide bonds. The molecule has 7 rings (SSSR count). The van der Waals surface area contributed by atoms with E-state index in [2.05, 4.69) is 74.2 Å². The molecule has 38 heavy (non-hydrogen) atoms. The van der Waals surface area contributed by atoms with E-state index in [1.165, 1.54) is 5.56 Å². The Bertz CT molecular complexity index is 1620. The summed E-state index contributed by atoms with van der Waals surface area (Å²) >= 11 is 0. The summed E-state index contributed by atoms with van der Waals surface area (Å²) in [5.74, 6) is 1.23. The lowest BCUT2D eigenvalue weighted by Crippen LogP contribution is -2.47. The van der Waals surface area contributed by atoms with Crippen molar-refractivity contribution in [2.24, 2.45) is 0 Å². The Morgan fingerprint density at radius 2 is 1.58 bits per heavy atom. The minimum Gasteiger partial charge on any atom is -0.329 e. The fourth-order valence-corrected chi connectivity index (χ4v) is 6.14. The second-order valence-corrected chi connectivity index (χ2v) is 10.4. The van der Waals surface area contributed by atoms with Crippen LogP contribution in [-0.4, -0.2) is 38.4 Å². The van der Waals surface area contributed by atoms with Crippen molar-refractivity contribution in [3.05, 3.63) is 120 Å². The number of carbonyl (C=O) groups excluding carboxylic acids is 1. The quantitative estimate of drug-likeness (QED) is 0.312. The molecule has 2 aliphatic heterocycles. The number of carbonyl (C=O) groups is 1. The van der Waals surface area contributed by atoms with Gasteiger partial charge in [0.1, 0.15) is 5.82 Å². The Hall–Kier alpha value is -4.29. The van der Waals surface area contributed by atoms with Gasteiger partial charge < -0.3 is 4.57 Å². The van der Waals surface area contributed by atoms with Crippen LogP contribution in [0.25, 0.3) is 10.9 Å². The number of imidazole rings is 1. The first-order valence-corrected chi connectivity index (χ1v) is 13.3. The van der Waals surface area contributed by atoms with Crippen molar-refractivity contribution < 1.29 is 4.79 Å². The van der Waals surface area contributed by atoms with Crippen LogP contribution < -0.4 is 4.90 Å². The third-order valence-electron chi connectivity index (χ3n) is 8.18. The van der Waals surface area contributed by atoms with E-state index < -0.39 is 5.41 Å². The first-order valence-electron chi connectivity index (χ1n) is 13.3. The Balaban J connectivity index is 1.13. The molecule has 0 radical (unpaired) electrons. The molecule has 3 aromatic carbocycles. The molecule has 6 nitrogen and oxygen atoms in total. The summed E-state index contributed by atoms with van der Waals surface area (Å²) in [6, 6.07) is 28.9. The Morgan fingerprint density at radius 1 is 0.816 bits per heavy atom. The number of benzene rings is 3. The smallest absolute Gasteiger partial charge is 0.242 e. The highest BCUT2D eigenvalue weighted by atomic mass is 16.2. The standard InChI is InChI=1S/C32H29N5O/c38-31-32(14-17-35(18-15-32)23-30-33-16-19-36(30)22-24-8-2-1-3-9-24)27-11-5-7-13-29(27)37(31)26-20-25-10-4-6-12-28(25)34-21-26/h1-13,16,19-21H,14-15,17-18,22-23H2. The maximum absolute atomic E-state index is 14.2. The molecule has 6 heteroatoms. The summed E-state index contributed by atoms with van der Waals surface area (Å²) in [5, 5.41) is 1.04. The second kappa shape index (κ2) is 9.23. The maximum Gasteiger partial charge on any atom is 0.242 e. The van der Waals surface area contributed by atoms with Crippen molar-refractivity contribution in [3.8, 4) is 0 Å². The summed E-state index contributed by atoms with van der Waals surface area (Å²) in [5.41, 5.74) is 4.66. The van der Waals surface area contributed by atoms with Crippen LogP contribution in [0.15, 0.2) is 104 Å². The van der Waals surface area contributed by atoms with Crippen molar-refractivity contribution in [2.75, 3.05) is 18.0 Å². The highest BCUT2D eigenvalue weighted by molar-refractivity contribution is 6.13. The van der Waals surface area contributed by atoms with E-state index in [1.54, 1.807) is 0 Å². The van der Waals surface area contributed by atoms with Gasteiger partial charge >= 0.3 is 0 Å². The van der Waals surface area contributed by atoms with Crippen LogP contribution in [0.3, 0.4) is 0 Å². The first-order chi connectivity index (χ1) is 18.7. The van der Waals surface area contributed by atoms with Gasteiger partial charge in [-0.2, -0.15) is 0 Å². The van der Waals surface area contributed by atoms with Gasteiger partial charge in [0.05, 0.1) is 35.0 Å². The predicted octanol–water partition coefficient (Wildman–Crippen LogP) is 5.69. The number of anilines is 2. The average molecular weight is 500 g/mol. The zero-order chi connectivity index (χ0) is 25.5. The van der Waals surface area contributed by atoms with Gasteiger partial charge in [0.2, 0.25) is 5.91 Å². The van der Waals surface area contributed by atoms with Crippen molar-refractivity contribution in [3.63, 3.8) is 0 Å². The van der Waals surface area contributed by atoms with Crippen LogP contribution >= 0.6 is 0 Å². The molecule has 0 atom stereocenters. The molecular weight excluding hydrogens is 470 g/mol. The number of piperidine rings is 1. The number of hydrogen-bond acceptors (Lipinski definition) is 4. The van der Waals surface area contributed by atoms with Crippen LogP contribution in [-0.2, 0) is 23.3 Å². The van der Waals surface area contributed by atoms with Gasteiger partial charge in [-0.25, -0.2) is 4.98 Å². The first kappa shape index (κ1) is 22.9. The molecule has 1 saturated heterocycles. The number of fused-ring (bicyclic) bond motifs is 3. The van der Waals surface area contributed by atoms with Crippen molar-refractivity contribution >= 4 is 28.2 Å². The molecule has 5 aromatic rings. The van der Waals surface area contributed by atoms with Crippen LogP contribution in [0, 0.1) is 0 Å². The van der Waals surface area contributed by atoms with Gasteiger partial charge in [-0.3, -0.25) is 19.6 Å². The Labute approximate surface area is 222 Å². The van der Waals surface area contributed by atoms with Gasteiger partial charge in [-0.1, -0.05) is 66.7 Å². The zero-order valence-corrected chi connectivity index (χ0v) is 21.2. The highest BCUT2D eigenvalue weighted by Crippen LogP contribution is 2.50. The van der Waals surface area contributed by atoms with E-state index in [0.717, 1.165) is 72.7 Å². The summed E-state index contributed by atoms with van der Waals surface area (Å²) in [6.45, 7) is 3.29. The molecule has 0 saturated carbocycles. The van der Waals surface area contributed by atoms with E-state index in [0.29, 0.717) is 0 Å². The lowest BCUT2D eigenvalue weighted by molar-refractivity contribution is -0.124. The number of nitrogens with zero attached hydrogens (tertiary/aromatic N) is 5. The summed E-state index contributed by atoms with van der Waals surface area (Å²) < 4.78 is 2.23. The van der Waals surface area contributed by atoms with E-state index in [9.17, 15) is 4.79 Å². The largest absolute Gasteiger partial charge is 0.329 e. The molecule has 1 spiro atoms. The minimum atomic E-state index is -0.502. The number of amides is 1. The normalized spacial score (nSPS) is 16.8. The predicted molar refractivity (Wildman–Crippen MR) is 149 cm³/mol. The molecule has 1 fully saturated rings. The second-order valence-electron chi connectivity index (χ2n) is 10.4. The van der Waals surface area contributed by atoms with Crippen LogP contribution in [0.5, 0.6) is 0 Å². The zero-order valence-electron chi connectivity index (χ0n) is 21.2. The van der Waals surface area contributed by atoms with Gasteiger partial charge in [-0.05, 0) is 55.3 Å². The van der Waals surface area contributed by atoms with Gasteiger partial charge in [0, 0.05) is 24.3 Å². The molecule has 0 aliphatic carbocycles. The molecule has 4 heterocycles. The van der Waals surface area contributed by atoms with Crippen molar-refractivity contribution in [2.45, 2.75) is 31.3 Å². The highest BCUT2D eigenvalue weighted by Gasteiger charge is 2.52. The topological polar surface area (TPSA) is 54.3 Å². The molecule has 2 aliphatic rings. The fourth-order valence-electron chi connectivity index (χ4n) is 6.14. The molecule has 0 bridgehead atoms. The summed E-state index contributed by atoms with van der Waals surface area (Å²) in [4.78, 5) is 27.9. The van der Waals surface area contributed by atoms with Gasteiger partial charge in [-0.15, -0.1) is 0 Å². The lowest BCUT2D eigenvalue weighted by atomic mass is 9.73. The molecule has 0 N–H and O–H groups in total. The third-order valence-corrected chi connectivity index (χ3v) is 8.18. The third kappa shape index (κ3) is 3.80. The fraction of sp³-hybridized carbons (Fsp3) is 0.219. The SMILES string of the molecule is O=C1N(c2cnc3ccccc3c2)c2ccccc2C12CCN(Cc1nccn1Cc1ccccc1)CC2. The van der Waals surface area contributed by atoms with Crippen LogP contribution in [0.1, 0.15) is 29.8 Å². The maximum atomic E-state index is 14.2. The number of aromatic nitrogens is 3. The Kier molecular flexibility index (Phi) is 5.55. The number of likely N-dealkylation sites (tertiary alicyclic amines) is 1. The van der Waals surface area contributed by atoms with E-state index in [-0.39, 0.29) is 5.91 Å².